The second-order valence-electron chi connectivity index (χ2n) is 5.51. The lowest BCUT2D eigenvalue weighted by molar-refractivity contribution is 0.603. The number of nitrogens with zero attached hydrogens (tertiary/aromatic N) is 1. The molecule has 0 N–H and O–H groups in total. The van der Waals surface area contributed by atoms with Gasteiger partial charge in [-0.05, 0) is 38.3 Å². The summed E-state index contributed by atoms with van der Waals surface area (Å²) in [5.74, 6) is 0. The molecular formula is C18H23N. The van der Waals surface area contributed by atoms with Crippen molar-refractivity contribution in [2.24, 2.45) is 0 Å². The number of benzene rings is 1. The van der Waals surface area contributed by atoms with Crippen molar-refractivity contribution in [3.8, 4) is 0 Å². The Morgan fingerprint density at radius 2 is 2.16 bits per heavy atom. The standard InChI is InChI=1S/C18H23N/c1-5-10-19-17(11-14(2)3)13-15(4)12-16-8-6-7-9-18(16)19/h5-9,12,17H,1-2,10-11,13H2,3-4H3/t17-/m0/s1. The molecule has 1 aliphatic rings. The van der Waals surface area contributed by atoms with Crippen molar-refractivity contribution in [2.45, 2.75) is 32.7 Å². The first-order valence-electron chi connectivity index (χ1n) is 6.90. The largest absolute Gasteiger partial charge is 0.364 e. The lowest BCUT2D eigenvalue weighted by Gasteiger charge is -2.33. The van der Waals surface area contributed by atoms with E-state index >= 15 is 0 Å². The Labute approximate surface area is 116 Å². The maximum atomic E-state index is 4.08. The third-order valence-corrected chi connectivity index (χ3v) is 3.56. The monoisotopic (exact) mass is 253 g/mol. The lowest BCUT2D eigenvalue weighted by atomic mass is 10.0. The fraction of sp³-hybridized carbons (Fsp3) is 0.333. The Morgan fingerprint density at radius 3 is 2.84 bits per heavy atom. The summed E-state index contributed by atoms with van der Waals surface area (Å²) in [5, 5.41) is 0. The van der Waals surface area contributed by atoms with Crippen molar-refractivity contribution in [1.82, 2.24) is 0 Å². The van der Waals surface area contributed by atoms with Gasteiger partial charge in [0.1, 0.15) is 0 Å². The van der Waals surface area contributed by atoms with Gasteiger partial charge in [-0.1, -0.05) is 41.5 Å². The first-order chi connectivity index (χ1) is 9.11. The maximum Gasteiger partial charge on any atom is 0.0445 e. The van der Waals surface area contributed by atoms with Gasteiger partial charge in [-0.25, -0.2) is 0 Å². The summed E-state index contributed by atoms with van der Waals surface area (Å²) >= 11 is 0. The van der Waals surface area contributed by atoms with Crippen LogP contribution in [0.5, 0.6) is 0 Å². The van der Waals surface area contributed by atoms with E-state index in [1.807, 2.05) is 6.08 Å². The molecular weight excluding hydrogens is 230 g/mol. The van der Waals surface area contributed by atoms with Crippen LogP contribution >= 0.6 is 0 Å². The van der Waals surface area contributed by atoms with Crippen molar-refractivity contribution in [1.29, 1.82) is 0 Å². The van der Waals surface area contributed by atoms with Crippen LogP contribution in [0.2, 0.25) is 0 Å². The smallest absolute Gasteiger partial charge is 0.0445 e. The Hall–Kier alpha value is -1.76. The molecule has 1 heteroatoms. The molecule has 19 heavy (non-hydrogen) atoms. The zero-order valence-electron chi connectivity index (χ0n) is 12.0. The molecule has 2 rings (SSSR count). The summed E-state index contributed by atoms with van der Waals surface area (Å²) in [6.07, 6.45) is 6.43. The number of fused-ring (bicyclic) bond motifs is 1. The van der Waals surface area contributed by atoms with Gasteiger partial charge in [0.05, 0.1) is 0 Å². The molecule has 1 atom stereocenters. The zero-order chi connectivity index (χ0) is 13.8. The van der Waals surface area contributed by atoms with Gasteiger partial charge in [0.25, 0.3) is 0 Å². The molecule has 0 aromatic heterocycles. The van der Waals surface area contributed by atoms with E-state index in [4.69, 9.17) is 0 Å². The minimum Gasteiger partial charge on any atom is -0.364 e. The van der Waals surface area contributed by atoms with Crippen LogP contribution in [-0.4, -0.2) is 12.6 Å². The molecule has 0 fully saturated rings. The minimum absolute atomic E-state index is 0.482. The molecule has 0 saturated carbocycles. The van der Waals surface area contributed by atoms with E-state index in [1.165, 1.54) is 22.4 Å². The molecule has 1 nitrogen and oxygen atoms in total. The molecule has 0 amide bonds. The molecule has 1 aromatic rings. The van der Waals surface area contributed by atoms with Gasteiger partial charge in [0.2, 0.25) is 0 Å². The van der Waals surface area contributed by atoms with Crippen molar-refractivity contribution in [3.05, 3.63) is 60.2 Å². The first kappa shape index (κ1) is 13.7. The molecule has 1 aliphatic heterocycles. The van der Waals surface area contributed by atoms with E-state index in [-0.39, 0.29) is 0 Å². The van der Waals surface area contributed by atoms with Crippen molar-refractivity contribution in [3.63, 3.8) is 0 Å². The van der Waals surface area contributed by atoms with Crippen LogP contribution in [0.3, 0.4) is 0 Å². The van der Waals surface area contributed by atoms with Crippen LogP contribution in [-0.2, 0) is 0 Å². The van der Waals surface area contributed by atoms with Gasteiger partial charge in [0.15, 0.2) is 0 Å². The average Bonchev–Trinajstić information content (AvgIpc) is 2.47. The number of para-hydroxylation sites is 1. The Balaban J connectivity index is 2.44. The van der Waals surface area contributed by atoms with Crippen LogP contribution in [0.15, 0.2) is 54.6 Å². The number of hydrogen-bond donors (Lipinski definition) is 0. The van der Waals surface area contributed by atoms with Gasteiger partial charge in [-0.3, -0.25) is 0 Å². The van der Waals surface area contributed by atoms with Gasteiger partial charge < -0.3 is 4.90 Å². The van der Waals surface area contributed by atoms with Gasteiger partial charge in [-0.2, -0.15) is 0 Å². The Bertz CT molecular complexity index is 510. The lowest BCUT2D eigenvalue weighted by Crippen LogP contribution is -2.35. The number of anilines is 1. The van der Waals surface area contributed by atoms with E-state index in [9.17, 15) is 0 Å². The highest BCUT2D eigenvalue weighted by molar-refractivity contribution is 5.71. The molecule has 0 unspecified atom stereocenters. The van der Waals surface area contributed by atoms with E-state index in [0.717, 1.165) is 19.4 Å². The molecule has 0 aliphatic carbocycles. The van der Waals surface area contributed by atoms with Crippen molar-refractivity contribution >= 4 is 11.8 Å². The second kappa shape index (κ2) is 5.92. The van der Waals surface area contributed by atoms with E-state index in [0.29, 0.717) is 6.04 Å². The van der Waals surface area contributed by atoms with Crippen LogP contribution in [0.25, 0.3) is 6.08 Å². The van der Waals surface area contributed by atoms with Crippen molar-refractivity contribution < 1.29 is 0 Å². The van der Waals surface area contributed by atoms with Gasteiger partial charge in [-0.15, -0.1) is 13.2 Å². The predicted octanol–water partition coefficient (Wildman–Crippen LogP) is 4.82. The summed E-state index contributed by atoms with van der Waals surface area (Å²) in [4.78, 5) is 2.46. The summed E-state index contributed by atoms with van der Waals surface area (Å²) in [6.45, 7) is 13.2. The van der Waals surface area contributed by atoms with E-state index in [1.54, 1.807) is 0 Å². The third-order valence-electron chi connectivity index (χ3n) is 3.56. The number of hydrogen-bond acceptors (Lipinski definition) is 1. The molecule has 0 spiro atoms. The molecule has 0 bridgehead atoms. The normalized spacial score (nSPS) is 18.3. The highest BCUT2D eigenvalue weighted by Crippen LogP contribution is 2.32. The van der Waals surface area contributed by atoms with Crippen LogP contribution in [0.4, 0.5) is 5.69 Å². The molecule has 0 radical (unpaired) electrons. The quantitative estimate of drug-likeness (QED) is 0.695. The van der Waals surface area contributed by atoms with Crippen LogP contribution in [0.1, 0.15) is 32.3 Å². The highest BCUT2D eigenvalue weighted by atomic mass is 15.2. The van der Waals surface area contributed by atoms with Crippen LogP contribution < -0.4 is 4.90 Å². The van der Waals surface area contributed by atoms with E-state index < -0.39 is 0 Å². The fourth-order valence-electron chi connectivity index (χ4n) is 2.85. The Morgan fingerprint density at radius 1 is 1.42 bits per heavy atom. The van der Waals surface area contributed by atoms with Gasteiger partial charge in [0, 0.05) is 18.3 Å². The molecule has 1 heterocycles. The Kier molecular flexibility index (Phi) is 4.26. The SMILES string of the molecule is C=CCN1c2ccccc2C=C(C)C[C@@H]1CC(=C)C. The summed E-state index contributed by atoms with van der Waals surface area (Å²) in [5.41, 5.74) is 5.30. The zero-order valence-corrected chi connectivity index (χ0v) is 12.0. The summed E-state index contributed by atoms with van der Waals surface area (Å²) in [7, 11) is 0. The predicted molar refractivity (Wildman–Crippen MR) is 85.5 cm³/mol. The third kappa shape index (κ3) is 3.17. The van der Waals surface area contributed by atoms with Crippen LogP contribution in [0, 0.1) is 0 Å². The first-order valence-corrected chi connectivity index (χ1v) is 6.90. The molecule has 1 aromatic carbocycles. The fourth-order valence-corrected chi connectivity index (χ4v) is 2.85. The average molecular weight is 253 g/mol. The topological polar surface area (TPSA) is 3.24 Å². The molecule has 100 valence electrons. The van der Waals surface area contributed by atoms with Crippen molar-refractivity contribution in [2.75, 3.05) is 11.4 Å². The highest BCUT2D eigenvalue weighted by Gasteiger charge is 2.22. The molecule has 0 saturated heterocycles. The maximum absolute atomic E-state index is 4.08. The van der Waals surface area contributed by atoms with E-state index in [2.05, 4.69) is 62.2 Å². The second-order valence-corrected chi connectivity index (χ2v) is 5.51. The summed E-state index contributed by atoms with van der Waals surface area (Å²) in [6, 6.07) is 9.10. The summed E-state index contributed by atoms with van der Waals surface area (Å²) < 4.78 is 0. The van der Waals surface area contributed by atoms with Gasteiger partial charge >= 0.3 is 0 Å². The minimum atomic E-state index is 0.482. The number of rotatable bonds is 4.